The molecule has 0 radical (unpaired) electrons. The van der Waals surface area contributed by atoms with Crippen molar-refractivity contribution in [2.24, 2.45) is 0 Å². The summed E-state index contributed by atoms with van der Waals surface area (Å²) >= 11 is 1.62. The van der Waals surface area contributed by atoms with Crippen LogP contribution in [0.1, 0.15) is 13.8 Å². The molecule has 0 aliphatic heterocycles. The van der Waals surface area contributed by atoms with Gasteiger partial charge in [-0.05, 0) is 18.7 Å². The van der Waals surface area contributed by atoms with E-state index in [1.165, 1.54) is 0 Å². The van der Waals surface area contributed by atoms with Crippen LogP contribution < -0.4 is 10.5 Å². The second-order valence-corrected chi connectivity index (χ2v) is 7.16. The van der Waals surface area contributed by atoms with Gasteiger partial charge in [0.1, 0.15) is 4.90 Å². The van der Waals surface area contributed by atoms with E-state index in [4.69, 9.17) is 5.73 Å². The third-order valence-electron chi connectivity index (χ3n) is 2.42. The minimum Gasteiger partial charge on any atom is -0.397 e. The van der Waals surface area contributed by atoms with Gasteiger partial charge in [0.05, 0.1) is 10.6 Å². The van der Waals surface area contributed by atoms with E-state index in [9.17, 15) is 18.5 Å². The van der Waals surface area contributed by atoms with Gasteiger partial charge in [0, 0.05) is 23.9 Å². The SMILES string of the molecule is CCSCC(C)NS(=O)(=O)c1ccc([N+](=O)[O-])cc1N. The quantitative estimate of drug-likeness (QED) is 0.448. The van der Waals surface area contributed by atoms with Gasteiger partial charge >= 0.3 is 0 Å². The smallest absolute Gasteiger partial charge is 0.271 e. The molecule has 1 rings (SSSR count). The summed E-state index contributed by atoms with van der Waals surface area (Å²) in [7, 11) is -3.77. The molecule has 1 aromatic carbocycles. The third-order valence-corrected chi connectivity index (χ3v) is 5.23. The first-order chi connectivity index (χ1) is 9.27. The molecule has 0 bridgehead atoms. The Balaban J connectivity index is 2.95. The lowest BCUT2D eigenvalue weighted by atomic mass is 10.3. The lowest BCUT2D eigenvalue weighted by Crippen LogP contribution is -2.34. The van der Waals surface area contributed by atoms with Crippen molar-refractivity contribution < 1.29 is 13.3 Å². The minimum absolute atomic E-state index is 0.137. The van der Waals surface area contributed by atoms with Crippen molar-refractivity contribution in [3.63, 3.8) is 0 Å². The second kappa shape index (κ2) is 6.91. The van der Waals surface area contributed by atoms with Crippen LogP contribution in [-0.4, -0.2) is 30.9 Å². The number of nitrogens with zero attached hydrogens (tertiary/aromatic N) is 1. The zero-order valence-electron chi connectivity index (χ0n) is 11.2. The third kappa shape index (κ3) is 4.36. The van der Waals surface area contributed by atoms with Crippen molar-refractivity contribution in [1.29, 1.82) is 0 Å². The number of nitrogens with two attached hydrogens (primary N) is 1. The molecular weight excluding hydrogens is 302 g/mol. The molecule has 112 valence electrons. The topological polar surface area (TPSA) is 115 Å². The van der Waals surface area contributed by atoms with Gasteiger partial charge in [0.2, 0.25) is 10.0 Å². The number of rotatable bonds is 7. The van der Waals surface area contributed by atoms with E-state index in [0.29, 0.717) is 5.75 Å². The summed E-state index contributed by atoms with van der Waals surface area (Å²) in [6.45, 7) is 3.74. The predicted molar refractivity (Wildman–Crippen MR) is 80.3 cm³/mol. The predicted octanol–water partition coefficient (Wildman–Crippen LogP) is 1.60. The van der Waals surface area contributed by atoms with Crippen LogP contribution in [0.3, 0.4) is 0 Å². The van der Waals surface area contributed by atoms with Crippen molar-refractivity contribution in [2.75, 3.05) is 17.2 Å². The molecule has 1 aromatic rings. The molecule has 0 amide bonds. The largest absolute Gasteiger partial charge is 0.397 e. The number of nitro groups is 1. The van der Waals surface area contributed by atoms with Gasteiger partial charge in [-0.2, -0.15) is 11.8 Å². The van der Waals surface area contributed by atoms with Crippen molar-refractivity contribution in [3.05, 3.63) is 28.3 Å². The van der Waals surface area contributed by atoms with Crippen LogP contribution in [0.25, 0.3) is 0 Å². The number of nitrogen functional groups attached to an aromatic ring is 1. The Morgan fingerprint density at radius 3 is 2.65 bits per heavy atom. The first-order valence-corrected chi connectivity index (χ1v) is 8.55. The fraction of sp³-hybridized carbons (Fsp3) is 0.455. The maximum Gasteiger partial charge on any atom is 0.271 e. The minimum atomic E-state index is -3.77. The first-order valence-electron chi connectivity index (χ1n) is 5.92. The fourth-order valence-corrected chi connectivity index (χ4v) is 3.69. The monoisotopic (exact) mass is 319 g/mol. The number of nitro benzene ring substituents is 1. The molecule has 0 aliphatic rings. The molecule has 7 nitrogen and oxygen atoms in total. The summed E-state index contributed by atoms with van der Waals surface area (Å²) < 4.78 is 26.8. The summed E-state index contributed by atoms with van der Waals surface area (Å²) in [5.74, 6) is 1.54. The van der Waals surface area contributed by atoms with Crippen LogP contribution in [-0.2, 0) is 10.0 Å². The van der Waals surface area contributed by atoms with Gasteiger partial charge in [-0.1, -0.05) is 6.92 Å². The maximum atomic E-state index is 12.1. The van der Waals surface area contributed by atoms with Crippen molar-refractivity contribution >= 4 is 33.2 Å². The van der Waals surface area contributed by atoms with E-state index in [2.05, 4.69) is 4.72 Å². The molecule has 0 aliphatic carbocycles. The number of hydrogen-bond donors (Lipinski definition) is 2. The highest BCUT2D eigenvalue weighted by Crippen LogP contribution is 2.24. The molecule has 20 heavy (non-hydrogen) atoms. The Hall–Kier alpha value is -1.32. The van der Waals surface area contributed by atoms with E-state index >= 15 is 0 Å². The number of anilines is 1. The summed E-state index contributed by atoms with van der Waals surface area (Å²) in [6, 6.07) is 3.06. The first kappa shape index (κ1) is 16.7. The number of thioether (sulfide) groups is 1. The lowest BCUT2D eigenvalue weighted by Gasteiger charge is -2.14. The summed E-state index contributed by atoms with van der Waals surface area (Å²) in [6.07, 6.45) is 0. The Morgan fingerprint density at radius 1 is 1.50 bits per heavy atom. The zero-order valence-corrected chi connectivity index (χ0v) is 12.8. The van der Waals surface area contributed by atoms with Crippen LogP contribution >= 0.6 is 11.8 Å². The maximum absolute atomic E-state index is 12.1. The number of sulfonamides is 1. The second-order valence-electron chi connectivity index (χ2n) is 4.16. The molecule has 0 spiro atoms. The average molecular weight is 319 g/mol. The van der Waals surface area contributed by atoms with Crippen LogP contribution in [0.5, 0.6) is 0 Å². The summed E-state index contributed by atoms with van der Waals surface area (Å²) in [5.41, 5.74) is 5.22. The van der Waals surface area contributed by atoms with E-state index in [-0.39, 0.29) is 22.3 Å². The molecule has 0 saturated heterocycles. The number of non-ortho nitro benzene ring substituents is 1. The molecule has 0 saturated carbocycles. The van der Waals surface area contributed by atoms with Crippen molar-refractivity contribution in [1.82, 2.24) is 4.72 Å². The fourth-order valence-electron chi connectivity index (χ4n) is 1.55. The normalized spacial score (nSPS) is 13.1. The number of hydrogen-bond acceptors (Lipinski definition) is 6. The standard InChI is InChI=1S/C11H17N3O4S2/c1-3-19-7-8(2)13-20(17,18)11-5-4-9(14(15)16)6-10(11)12/h4-6,8,13H,3,7,12H2,1-2H3. The molecule has 1 atom stereocenters. The van der Waals surface area contributed by atoms with Crippen LogP contribution in [0.15, 0.2) is 23.1 Å². The molecule has 9 heteroatoms. The zero-order chi connectivity index (χ0) is 15.3. The average Bonchev–Trinajstić information content (AvgIpc) is 2.35. The molecule has 0 fully saturated rings. The van der Waals surface area contributed by atoms with Crippen LogP contribution in [0, 0.1) is 10.1 Å². The molecule has 1 unspecified atom stereocenters. The van der Waals surface area contributed by atoms with E-state index < -0.39 is 14.9 Å². The summed E-state index contributed by atoms with van der Waals surface area (Å²) in [4.78, 5) is 9.83. The van der Waals surface area contributed by atoms with Gasteiger partial charge in [-0.15, -0.1) is 0 Å². The van der Waals surface area contributed by atoms with Crippen LogP contribution in [0.2, 0.25) is 0 Å². The van der Waals surface area contributed by atoms with Gasteiger partial charge in [-0.25, -0.2) is 13.1 Å². The Morgan fingerprint density at radius 2 is 2.15 bits per heavy atom. The summed E-state index contributed by atoms with van der Waals surface area (Å²) in [5, 5.41) is 10.6. The number of nitrogens with one attached hydrogen (secondary N) is 1. The highest BCUT2D eigenvalue weighted by atomic mass is 32.2. The molecule has 0 heterocycles. The Labute approximate surface area is 122 Å². The highest BCUT2D eigenvalue weighted by Gasteiger charge is 2.21. The Bertz CT molecular complexity index is 589. The molecule has 0 aromatic heterocycles. The molecule has 3 N–H and O–H groups in total. The van der Waals surface area contributed by atoms with Gasteiger partial charge in [0.15, 0.2) is 0 Å². The van der Waals surface area contributed by atoms with Crippen LogP contribution in [0.4, 0.5) is 11.4 Å². The number of benzene rings is 1. The Kier molecular flexibility index (Phi) is 5.78. The van der Waals surface area contributed by atoms with Crippen molar-refractivity contribution in [3.8, 4) is 0 Å². The van der Waals surface area contributed by atoms with E-state index in [0.717, 1.165) is 24.0 Å². The highest BCUT2D eigenvalue weighted by molar-refractivity contribution is 7.99. The van der Waals surface area contributed by atoms with Gasteiger partial charge < -0.3 is 5.73 Å². The van der Waals surface area contributed by atoms with Gasteiger partial charge in [0.25, 0.3) is 5.69 Å². The van der Waals surface area contributed by atoms with E-state index in [1.54, 1.807) is 18.7 Å². The molecular formula is C11H17N3O4S2. The lowest BCUT2D eigenvalue weighted by molar-refractivity contribution is -0.384. The van der Waals surface area contributed by atoms with Crippen molar-refractivity contribution in [2.45, 2.75) is 24.8 Å². The van der Waals surface area contributed by atoms with Gasteiger partial charge in [-0.3, -0.25) is 10.1 Å². The van der Waals surface area contributed by atoms with E-state index in [1.807, 2.05) is 6.92 Å².